The zero-order valence-corrected chi connectivity index (χ0v) is 18.5. The van der Waals surface area contributed by atoms with Gasteiger partial charge in [-0.15, -0.1) is 0 Å². The van der Waals surface area contributed by atoms with Gasteiger partial charge in [-0.05, 0) is 36.2 Å². The minimum atomic E-state index is -1.22. The molecule has 0 aliphatic carbocycles. The van der Waals surface area contributed by atoms with Crippen LogP contribution >= 0.6 is 11.6 Å². The molecule has 2 N–H and O–H groups in total. The fraction of sp³-hybridized carbons (Fsp3) is 0.391. The number of likely N-dealkylation sites (N-methyl/N-ethyl adjacent to an activating group) is 1. The van der Waals surface area contributed by atoms with Crippen molar-refractivity contribution >= 4 is 29.1 Å². The van der Waals surface area contributed by atoms with Gasteiger partial charge in [0.25, 0.3) is 0 Å². The number of para-hydroxylation sites is 1. The van der Waals surface area contributed by atoms with Crippen LogP contribution in [0.5, 0.6) is 5.75 Å². The summed E-state index contributed by atoms with van der Waals surface area (Å²) < 4.78 is 5.54. The van der Waals surface area contributed by atoms with E-state index in [9.17, 15) is 14.7 Å². The van der Waals surface area contributed by atoms with Crippen LogP contribution in [0.1, 0.15) is 17.5 Å². The van der Waals surface area contributed by atoms with Gasteiger partial charge in [0.15, 0.2) is 0 Å². The molecule has 2 aliphatic heterocycles. The highest BCUT2D eigenvalue weighted by atomic mass is 35.5. The molecule has 1 fully saturated rings. The first kappa shape index (κ1) is 21.6. The Balaban J connectivity index is 1.92. The Bertz CT molecular complexity index is 1030. The van der Waals surface area contributed by atoms with E-state index in [0.29, 0.717) is 22.0 Å². The molecule has 2 amide bonds. The van der Waals surface area contributed by atoms with Crippen LogP contribution in [0.4, 0.5) is 5.69 Å². The van der Waals surface area contributed by atoms with E-state index in [1.807, 2.05) is 29.2 Å². The van der Waals surface area contributed by atoms with E-state index in [0.717, 1.165) is 5.56 Å². The van der Waals surface area contributed by atoms with Crippen molar-refractivity contribution in [2.75, 3.05) is 33.1 Å². The number of carbonyl (C=O) groups is 2. The number of aliphatic hydroxyl groups excluding tert-OH is 1. The maximum Gasteiger partial charge on any atom is 0.249 e. The summed E-state index contributed by atoms with van der Waals surface area (Å²) in [4.78, 5) is 30.0. The number of hydrogen-bond acceptors (Lipinski definition) is 5. The van der Waals surface area contributed by atoms with Gasteiger partial charge in [0.05, 0.1) is 19.3 Å². The Morgan fingerprint density at radius 2 is 2.06 bits per heavy atom. The molecule has 2 heterocycles. The summed E-state index contributed by atoms with van der Waals surface area (Å²) in [6.45, 7) is 0.193. The monoisotopic (exact) mass is 443 g/mol. The number of nitrogens with zero attached hydrogens (tertiary/aromatic N) is 2. The minimum Gasteiger partial charge on any atom is -0.496 e. The lowest BCUT2D eigenvalue weighted by molar-refractivity contribution is -0.139. The van der Waals surface area contributed by atoms with Gasteiger partial charge in [0, 0.05) is 43.3 Å². The molecule has 1 unspecified atom stereocenters. The van der Waals surface area contributed by atoms with Crippen molar-refractivity contribution < 1.29 is 19.4 Å². The second-order valence-corrected chi connectivity index (χ2v) is 8.72. The number of aliphatic hydroxyl groups is 1. The number of anilines is 1. The van der Waals surface area contributed by atoms with Crippen molar-refractivity contribution in [1.82, 2.24) is 9.80 Å². The van der Waals surface area contributed by atoms with Crippen LogP contribution in [0.25, 0.3) is 0 Å². The van der Waals surface area contributed by atoms with E-state index < -0.39 is 17.7 Å². The summed E-state index contributed by atoms with van der Waals surface area (Å²) in [7, 11) is 4.94. The van der Waals surface area contributed by atoms with Crippen molar-refractivity contribution in [3.05, 3.63) is 58.6 Å². The molecule has 0 saturated carbocycles. The topological polar surface area (TPSA) is 82.1 Å². The molecule has 0 aromatic heterocycles. The average molecular weight is 444 g/mol. The summed E-state index contributed by atoms with van der Waals surface area (Å²) in [5, 5.41) is 14.0. The molecule has 3 atom stereocenters. The lowest BCUT2D eigenvalue weighted by atomic mass is 9.82. The van der Waals surface area contributed by atoms with Crippen molar-refractivity contribution in [2.45, 2.75) is 30.5 Å². The number of amides is 2. The second-order valence-electron chi connectivity index (χ2n) is 8.28. The van der Waals surface area contributed by atoms with E-state index in [1.165, 1.54) is 4.90 Å². The Morgan fingerprint density at radius 1 is 1.32 bits per heavy atom. The smallest absolute Gasteiger partial charge is 0.249 e. The van der Waals surface area contributed by atoms with E-state index in [1.54, 1.807) is 39.4 Å². The van der Waals surface area contributed by atoms with E-state index >= 15 is 0 Å². The van der Waals surface area contributed by atoms with Crippen LogP contribution in [-0.4, -0.2) is 66.6 Å². The Morgan fingerprint density at radius 3 is 2.77 bits per heavy atom. The lowest BCUT2D eigenvalue weighted by Gasteiger charge is -2.41. The van der Waals surface area contributed by atoms with Gasteiger partial charge in [-0.25, -0.2) is 0 Å². The lowest BCUT2D eigenvalue weighted by Crippen LogP contribution is -2.58. The molecule has 2 aliphatic rings. The fourth-order valence-corrected chi connectivity index (χ4v) is 4.94. The number of β-amino-alcohol motifs (C(OH)–C–C–N with tert-alkyl or cyclic N) is 1. The summed E-state index contributed by atoms with van der Waals surface area (Å²) in [6.07, 6.45) is -0.201. The molecule has 31 heavy (non-hydrogen) atoms. The molecule has 1 saturated heterocycles. The van der Waals surface area contributed by atoms with Crippen LogP contribution in [-0.2, 0) is 21.5 Å². The highest BCUT2D eigenvalue weighted by Gasteiger charge is 2.57. The number of rotatable bonds is 5. The molecule has 0 radical (unpaired) electrons. The third-order valence-corrected chi connectivity index (χ3v) is 6.42. The largest absolute Gasteiger partial charge is 0.496 e. The molecule has 7 nitrogen and oxygen atoms in total. The molecule has 164 valence electrons. The summed E-state index contributed by atoms with van der Waals surface area (Å²) in [5.74, 6) is 0.251. The Kier molecular flexibility index (Phi) is 5.68. The number of halogens is 1. The SMILES string of the molecule is COc1ccccc1CC1(N2C[C@H](O)C[C@H]2C(=O)N(C)C)C(=O)Nc2ccc(Cl)cc21. The number of likely N-dealkylation sites (tertiary alicyclic amines) is 1. The van der Waals surface area contributed by atoms with E-state index in [4.69, 9.17) is 16.3 Å². The number of fused-ring (bicyclic) bond motifs is 1. The standard InChI is InChI=1S/C23H26ClN3O4/c1-26(2)21(29)19-11-16(28)13-27(19)23(12-14-6-4-5-7-20(14)31-3)17-10-15(24)8-9-18(17)25-22(23)30/h4-10,16,19,28H,11-13H2,1-3H3,(H,25,30)/t16-,19+,23?/m1/s1. The molecule has 8 heteroatoms. The van der Waals surface area contributed by atoms with E-state index in [2.05, 4.69) is 5.32 Å². The zero-order valence-electron chi connectivity index (χ0n) is 17.8. The first-order valence-corrected chi connectivity index (χ1v) is 10.5. The van der Waals surface area contributed by atoms with Gasteiger partial charge in [0.2, 0.25) is 11.8 Å². The van der Waals surface area contributed by atoms with Gasteiger partial charge in [-0.1, -0.05) is 29.8 Å². The molecule has 2 aromatic carbocycles. The van der Waals surface area contributed by atoms with Gasteiger partial charge < -0.3 is 20.1 Å². The predicted octanol–water partition coefficient (Wildman–Crippen LogP) is 2.26. The molecule has 2 aromatic rings. The number of carbonyl (C=O) groups excluding carboxylic acids is 2. The Hall–Kier alpha value is -2.61. The maximum atomic E-state index is 13.7. The van der Waals surface area contributed by atoms with Crippen molar-refractivity contribution in [2.24, 2.45) is 0 Å². The molecule has 4 rings (SSSR count). The summed E-state index contributed by atoms with van der Waals surface area (Å²) >= 11 is 6.34. The van der Waals surface area contributed by atoms with Crippen molar-refractivity contribution in [3.63, 3.8) is 0 Å². The zero-order chi connectivity index (χ0) is 22.3. The fourth-order valence-electron chi connectivity index (χ4n) is 4.77. The molecule has 0 spiro atoms. The van der Waals surface area contributed by atoms with Crippen molar-refractivity contribution in [3.8, 4) is 5.75 Å². The Labute approximate surface area is 186 Å². The first-order chi connectivity index (χ1) is 14.8. The van der Waals surface area contributed by atoms with Gasteiger partial charge in [-0.3, -0.25) is 14.5 Å². The second kappa shape index (κ2) is 8.15. The highest BCUT2D eigenvalue weighted by Crippen LogP contribution is 2.47. The number of hydrogen-bond donors (Lipinski definition) is 2. The number of benzene rings is 2. The summed E-state index contributed by atoms with van der Waals surface area (Å²) in [5.41, 5.74) is 0.955. The third-order valence-electron chi connectivity index (χ3n) is 6.18. The van der Waals surface area contributed by atoms with Gasteiger partial charge in [-0.2, -0.15) is 0 Å². The number of nitrogens with one attached hydrogen (secondary N) is 1. The van der Waals surface area contributed by atoms with Crippen molar-refractivity contribution in [1.29, 1.82) is 0 Å². The quantitative estimate of drug-likeness (QED) is 0.740. The van der Waals surface area contributed by atoms with Crippen LogP contribution < -0.4 is 10.1 Å². The number of methoxy groups -OCH3 is 1. The van der Waals surface area contributed by atoms with Crippen LogP contribution in [0, 0.1) is 0 Å². The van der Waals surface area contributed by atoms with Gasteiger partial charge >= 0.3 is 0 Å². The molecular weight excluding hydrogens is 418 g/mol. The minimum absolute atomic E-state index is 0.153. The molecular formula is C23H26ClN3O4. The van der Waals surface area contributed by atoms with Gasteiger partial charge in [0.1, 0.15) is 11.3 Å². The first-order valence-electron chi connectivity index (χ1n) is 10.2. The van der Waals surface area contributed by atoms with E-state index in [-0.39, 0.29) is 31.2 Å². The molecule has 0 bridgehead atoms. The summed E-state index contributed by atoms with van der Waals surface area (Å²) in [6, 6.07) is 12.1. The highest BCUT2D eigenvalue weighted by molar-refractivity contribution is 6.31. The normalized spacial score (nSPS) is 25.3. The maximum absolute atomic E-state index is 13.7. The van der Waals surface area contributed by atoms with Crippen LogP contribution in [0.2, 0.25) is 5.02 Å². The third kappa shape index (κ3) is 3.56. The average Bonchev–Trinajstić information content (AvgIpc) is 3.26. The predicted molar refractivity (Wildman–Crippen MR) is 118 cm³/mol. The number of ether oxygens (including phenoxy) is 1. The van der Waals surface area contributed by atoms with Crippen LogP contribution in [0.3, 0.4) is 0 Å². The van der Waals surface area contributed by atoms with Crippen LogP contribution in [0.15, 0.2) is 42.5 Å².